The van der Waals surface area contributed by atoms with Gasteiger partial charge in [0.2, 0.25) is 5.91 Å². The van der Waals surface area contributed by atoms with Crippen LogP contribution in [0.5, 0.6) is 0 Å². The summed E-state index contributed by atoms with van der Waals surface area (Å²) < 4.78 is 0. The molecule has 0 aliphatic carbocycles. The first-order valence-corrected chi connectivity index (χ1v) is 7.07. The van der Waals surface area contributed by atoms with Gasteiger partial charge in [-0.15, -0.1) is 0 Å². The molecule has 0 aromatic carbocycles. The summed E-state index contributed by atoms with van der Waals surface area (Å²) in [6.07, 6.45) is 4.87. The topological polar surface area (TPSA) is 32.3 Å². The highest BCUT2D eigenvalue weighted by atomic mass is 16.2. The van der Waals surface area contributed by atoms with E-state index in [9.17, 15) is 4.79 Å². The van der Waals surface area contributed by atoms with E-state index in [1.165, 1.54) is 12.8 Å². The Kier molecular flexibility index (Phi) is 5.96. The molecule has 1 aliphatic heterocycles. The molecule has 0 bridgehead atoms. The van der Waals surface area contributed by atoms with E-state index in [1.807, 2.05) is 11.8 Å². The summed E-state index contributed by atoms with van der Waals surface area (Å²) in [6.45, 7) is 10.4. The lowest BCUT2D eigenvalue weighted by atomic mass is 10.1. The SMILES string of the molecule is CC(NC(C)C(C)C)C(=O)N1CCCCCC1. The quantitative estimate of drug-likeness (QED) is 0.818. The molecule has 2 unspecified atom stereocenters. The number of nitrogens with zero attached hydrogens (tertiary/aromatic N) is 1. The van der Waals surface area contributed by atoms with Crippen molar-refractivity contribution in [1.82, 2.24) is 10.2 Å². The molecule has 1 aliphatic rings. The van der Waals surface area contributed by atoms with Gasteiger partial charge >= 0.3 is 0 Å². The van der Waals surface area contributed by atoms with Crippen LogP contribution >= 0.6 is 0 Å². The van der Waals surface area contributed by atoms with Crippen LogP contribution in [-0.2, 0) is 4.79 Å². The number of nitrogens with one attached hydrogen (secondary N) is 1. The van der Waals surface area contributed by atoms with Crippen molar-refractivity contribution < 1.29 is 4.79 Å². The second kappa shape index (κ2) is 7.00. The maximum atomic E-state index is 12.3. The highest BCUT2D eigenvalue weighted by molar-refractivity contribution is 5.81. The number of rotatable bonds is 4. The number of amides is 1. The summed E-state index contributed by atoms with van der Waals surface area (Å²) in [5.41, 5.74) is 0. The molecular formula is C14H28N2O. The highest BCUT2D eigenvalue weighted by Gasteiger charge is 2.22. The molecule has 100 valence electrons. The molecule has 17 heavy (non-hydrogen) atoms. The maximum Gasteiger partial charge on any atom is 0.239 e. The number of hydrogen-bond donors (Lipinski definition) is 1. The van der Waals surface area contributed by atoms with Gasteiger partial charge in [0.05, 0.1) is 6.04 Å². The van der Waals surface area contributed by atoms with Gasteiger partial charge in [0.25, 0.3) is 0 Å². The van der Waals surface area contributed by atoms with E-state index < -0.39 is 0 Å². The molecule has 2 atom stereocenters. The van der Waals surface area contributed by atoms with E-state index in [1.54, 1.807) is 0 Å². The molecule has 0 saturated carbocycles. The van der Waals surface area contributed by atoms with Gasteiger partial charge in [0.1, 0.15) is 0 Å². The van der Waals surface area contributed by atoms with Crippen molar-refractivity contribution in [3.63, 3.8) is 0 Å². The third-order valence-electron chi connectivity index (χ3n) is 3.80. The Morgan fingerprint density at radius 3 is 2.00 bits per heavy atom. The summed E-state index contributed by atoms with van der Waals surface area (Å²) >= 11 is 0. The zero-order valence-electron chi connectivity index (χ0n) is 11.8. The maximum absolute atomic E-state index is 12.3. The van der Waals surface area contributed by atoms with Crippen LogP contribution in [0, 0.1) is 5.92 Å². The van der Waals surface area contributed by atoms with E-state index in [-0.39, 0.29) is 11.9 Å². The van der Waals surface area contributed by atoms with Gasteiger partial charge in [-0.2, -0.15) is 0 Å². The van der Waals surface area contributed by atoms with Gasteiger partial charge in [0.15, 0.2) is 0 Å². The fraction of sp³-hybridized carbons (Fsp3) is 0.929. The molecular weight excluding hydrogens is 212 g/mol. The summed E-state index contributed by atoms with van der Waals surface area (Å²) in [5, 5.41) is 3.41. The average molecular weight is 240 g/mol. The first-order chi connectivity index (χ1) is 8.02. The Hall–Kier alpha value is -0.570. The van der Waals surface area contributed by atoms with Gasteiger partial charge in [-0.05, 0) is 32.6 Å². The van der Waals surface area contributed by atoms with Gasteiger partial charge in [-0.25, -0.2) is 0 Å². The van der Waals surface area contributed by atoms with Crippen molar-refractivity contribution in [3.05, 3.63) is 0 Å². The van der Waals surface area contributed by atoms with Gasteiger partial charge in [-0.1, -0.05) is 26.7 Å². The Balaban J connectivity index is 2.44. The van der Waals surface area contributed by atoms with Crippen LogP contribution in [0.1, 0.15) is 53.4 Å². The van der Waals surface area contributed by atoms with E-state index in [0.717, 1.165) is 25.9 Å². The Labute approximate surface area is 106 Å². The average Bonchev–Trinajstić information content (AvgIpc) is 2.56. The minimum absolute atomic E-state index is 0.0505. The van der Waals surface area contributed by atoms with Crippen molar-refractivity contribution in [1.29, 1.82) is 0 Å². The Morgan fingerprint density at radius 2 is 1.53 bits per heavy atom. The fourth-order valence-corrected chi connectivity index (χ4v) is 2.22. The summed E-state index contributed by atoms with van der Waals surface area (Å²) in [6, 6.07) is 0.339. The zero-order valence-corrected chi connectivity index (χ0v) is 11.8. The van der Waals surface area contributed by atoms with E-state index >= 15 is 0 Å². The van der Waals surface area contributed by atoms with Gasteiger partial charge in [-0.3, -0.25) is 4.79 Å². The summed E-state index contributed by atoms with van der Waals surface area (Å²) in [4.78, 5) is 14.3. The predicted octanol–water partition coefficient (Wildman–Crippen LogP) is 2.41. The van der Waals surface area contributed by atoms with Crippen molar-refractivity contribution in [2.24, 2.45) is 5.92 Å². The molecule has 0 aromatic rings. The first-order valence-electron chi connectivity index (χ1n) is 7.07. The van der Waals surface area contributed by atoms with Crippen molar-refractivity contribution >= 4 is 5.91 Å². The summed E-state index contributed by atoms with van der Waals surface area (Å²) in [7, 11) is 0. The third-order valence-corrected chi connectivity index (χ3v) is 3.80. The molecule has 1 amide bonds. The minimum Gasteiger partial charge on any atom is -0.341 e. The van der Waals surface area contributed by atoms with Crippen LogP contribution < -0.4 is 5.32 Å². The number of carbonyl (C=O) groups is 1. The predicted molar refractivity (Wildman–Crippen MR) is 71.9 cm³/mol. The Morgan fingerprint density at radius 1 is 1.00 bits per heavy atom. The van der Waals surface area contributed by atoms with Gasteiger partial charge in [0, 0.05) is 19.1 Å². The smallest absolute Gasteiger partial charge is 0.239 e. The zero-order chi connectivity index (χ0) is 12.8. The molecule has 3 heteroatoms. The molecule has 1 heterocycles. The largest absolute Gasteiger partial charge is 0.341 e. The molecule has 3 nitrogen and oxygen atoms in total. The second-order valence-electron chi connectivity index (χ2n) is 5.66. The summed E-state index contributed by atoms with van der Waals surface area (Å²) in [5.74, 6) is 0.841. The van der Waals surface area contributed by atoms with Crippen molar-refractivity contribution in [2.45, 2.75) is 65.5 Å². The van der Waals surface area contributed by atoms with Crippen LogP contribution in [0.2, 0.25) is 0 Å². The number of hydrogen-bond acceptors (Lipinski definition) is 2. The van der Waals surface area contributed by atoms with E-state index in [2.05, 4.69) is 26.1 Å². The Bertz CT molecular complexity index is 232. The monoisotopic (exact) mass is 240 g/mol. The molecule has 1 rings (SSSR count). The van der Waals surface area contributed by atoms with Crippen LogP contribution in [0.3, 0.4) is 0 Å². The van der Waals surface area contributed by atoms with Crippen molar-refractivity contribution in [3.8, 4) is 0 Å². The van der Waals surface area contributed by atoms with E-state index in [0.29, 0.717) is 12.0 Å². The third kappa shape index (κ3) is 4.66. The van der Waals surface area contributed by atoms with Crippen molar-refractivity contribution in [2.75, 3.05) is 13.1 Å². The molecule has 1 fully saturated rings. The van der Waals surface area contributed by atoms with Crippen LogP contribution in [0.25, 0.3) is 0 Å². The standard InChI is InChI=1S/C14H28N2O/c1-11(2)12(3)15-13(4)14(17)16-9-7-5-6-8-10-16/h11-13,15H,5-10H2,1-4H3. The van der Waals surface area contributed by atoms with Crippen LogP contribution in [0.4, 0.5) is 0 Å². The molecule has 0 radical (unpaired) electrons. The first kappa shape index (κ1) is 14.5. The number of likely N-dealkylation sites (tertiary alicyclic amines) is 1. The molecule has 1 N–H and O–H groups in total. The van der Waals surface area contributed by atoms with Crippen LogP contribution in [0.15, 0.2) is 0 Å². The lowest BCUT2D eigenvalue weighted by Crippen LogP contribution is -2.49. The van der Waals surface area contributed by atoms with E-state index in [4.69, 9.17) is 0 Å². The molecule has 0 spiro atoms. The normalized spacial score (nSPS) is 21.1. The lowest BCUT2D eigenvalue weighted by Gasteiger charge is -2.28. The van der Waals surface area contributed by atoms with Gasteiger partial charge < -0.3 is 10.2 Å². The molecule has 1 saturated heterocycles. The fourth-order valence-electron chi connectivity index (χ4n) is 2.22. The van der Waals surface area contributed by atoms with Crippen LogP contribution in [-0.4, -0.2) is 36.0 Å². The lowest BCUT2D eigenvalue weighted by molar-refractivity contribution is -0.133. The minimum atomic E-state index is -0.0505. The number of carbonyl (C=O) groups excluding carboxylic acids is 1. The highest BCUT2D eigenvalue weighted by Crippen LogP contribution is 2.11. The molecule has 0 aromatic heterocycles. The second-order valence-corrected chi connectivity index (χ2v) is 5.66.